The van der Waals surface area contributed by atoms with Crippen molar-refractivity contribution in [3.63, 3.8) is 0 Å². The van der Waals surface area contributed by atoms with E-state index in [2.05, 4.69) is 14.9 Å². The largest absolute Gasteiger partial charge is 0.333 e. The number of nitrogens with zero attached hydrogens (tertiary/aromatic N) is 2. The molecule has 0 radical (unpaired) electrons. The fraction of sp³-hybridized carbons (Fsp3) is 0.750. The molecule has 2 fully saturated rings. The summed E-state index contributed by atoms with van der Waals surface area (Å²) in [6, 6.07) is 0.394. The van der Waals surface area contributed by atoms with Gasteiger partial charge in [0, 0.05) is 18.8 Å². The number of aromatic nitrogens is 2. The van der Waals surface area contributed by atoms with Crippen molar-refractivity contribution in [3.8, 4) is 0 Å². The highest BCUT2D eigenvalue weighted by molar-refractivity contribution is 7.91. The first-order valence-electron chi connectivity index (χ1n) is 6.58. The van der Waals surface area contributed by atoms with Gasteiger partial charge in [0.2, 0.25) is 0 Å². The molecule has 0 aliphatic carbocycles. The van der Waals surface area contributed by atoms with Gasteiger partial charge in [-0.25, -0.2) is 13.4 Å². The number of nitrogens with one attached hydrogen (secondary N) is 1. The van der Waals surface area contributed by atoms with Gasteiger partial charge in [-0.3, -0.25) is 0 Å². The normalized spacial score (nSPS) is 30.9. The molecule has 100 valence electrons. The maximum absolute atomic E-state index is 11.5. The Morgan fingerprint density at radius 1 is 1.44 bits per heavy atom. The number of rotatable bonds is 3. The highest BCUT2D eigenvalue weighted by Crippen LogP contribution is 2.25. The van der Waals surface area contributed by atoms with E-state index in [0.29, 0.717) is 17.5 Å². The summed E-state index contributed by atoms with van der Waals surface area (Å²) in [6.07, 6.45) is 6.88. The van der Waals surface area contributed by atoms with Gasteiger partial charge in [-0.15, -0.1) is 0 Å². The predicted octanol–water partition coefficient (Wildman–Crippen LogP) is 0.742. The van der Waals surface area contributed by atoms with Crippen LogP contribution in [0.15, 0.2) is 12.5 Å². The molecule has 6 heteroatoms. The number of sulfone groups is 1. The quantitative estimate of drug-likeness (QED) is 0.879. The summed E-state index contributed by atoms with van der Waals surface area (Å²) in [4.78, 5) is 4.22. The zero-order chi connectivity index (χ0) is 12.6. The number of imidazole rings is 1. The van der Waals surface area contributed by atoms with Crippen LogP contribution < -0.4 is 5.32 Å². The van der Waals surface area contributed by atoms with Crippen molar-refractivity contribution in [1.29, 1.82) is 0 Å². The Labute approximate surface area is 108 Å². The molecule has 2 saturated heterocycles. The zero-order valence-corrected chi connectivity index (χ0v) is 11.2. The molecular formula is C12H19N3O2S. The fourth-order valence-corrected chi connectivity index (χ4v) is 4.85. The van der Waals surface area contributed by atoms with E-state index < -0.39 is 9.84 Å². The van der Waals surface area contributed by atoms with E-state index in [4.69, 9.17) is 0 Å². The highest BCUT2D eigenvalue weighted by Gasteiger charge is 2.29. The molecule has 1 aromatic heterocycles. The van der Waals surface area contributed by atoms with Gasteiger partial charge in [-0.05, 0) is 31.7 Å². The third-order valence-corrected chi connectivity index (χ3v) is 5.78. The molecule has 0 bridgehead atoms. The van der Waals surface area contributed by atoms with Crippen LogP contribution in [0.2, 0.25) is 0 Å². The van der Waals surface area contributed by atoms with E-state index in [1.54, 1.807) is 0 Å². The maximum Gasteiger partial charge on any atom is 0.150 e. The lowest BCUT2D eigenvalue weighted by atomic mass is 10.1. The summed E-state index contributed by atoms with van der Waals surface area (Å²) in [5.41, 5.74) is 1.21. The van der Waals surface area contributed by atoms with Crippen molar-refractivity contribution in [2.75, 3.05) is 18.1 Å². The lowest BCUT2D eigenvalue weighted by Crippen LogP contribution is -2.19. The molecule has 1 unspecified atom stereocenters. The van der Waals surface area contributed by atoms with Crippen molar-refractivity contribution in [2.45, 2.75) is 31.8 Å². The van der Waals surface area contributed by atoms with Crippen molar-refractivity contribution >= 4 is 9.84 Å². The number of hydrogen-bond donors (Lipinski definition) is 1. The van der Waals surface area contributed by atoms with Gasteiger partial charge in [0.05, 0.1) is 23.5 Å². The topological polar surface area (TPSA) is 64.0 Å². The summed E-state index contributed by atoms with van der Waals surface area (Å²) < 4.78 is 25.1. The Kier molecular flexibility index (Phi) is 3.15. The third-order valence-electron chi connectivity index (χ3n) is 3.94. The molecule has 3 heterocycles. The molecule has 2 atom stereocenters. The second-order valence-corrected chi connectivity index (χ2v) is 7.62. The second kappa shape index (κ2) is 4.66. The van der Waals surface area contributed by atoms with Gasteiger partial charge in [-0.2, -0.15) is 0 Å². The van der Waals surface area contributed by atoms with Gasteiger partial charge in [-0.1, -0.05) is 0 Å². The van der Waals surface area contributed by atoms with Crippen molar-refractivity contribution in [2.24, 2.45) is 5.92 Å². The monoisotopic (exact) mass is 269 g/mol. The Morgan fingerprint density at radius 3 is 3.00 bits per heavy atom. The van der Waals surface area contributed by atoms with Gasteiger partial charge in [0.25, 0.3) is 0 Å². The van der Waals surface area contributed by atoms with E-state index >= 15 is 0 Å². The SMILES string of the molecule is O=S1(=O)CCC(Cn2cncc2[C@@H]2CCCN2)C1. The Hall–Kier alpha value is -0.880. The molecule has 3 rings (SSSR count). The lowest BCUT2D eigenvalue weighted by molar-refractivity contribution is 0.462. The first kappa shape index (κ1) is 12.2. The van der Waals surface area contributed by atoms with E-state index in [1.807, 2.05) is 12.5 Å². The van der Waals surface area contributed by atoms with E-state index in [9.17, 15) is 8.42 Å². The van der Waals surface area contributed by atoms with Crippen LogP contribution in [0.4, 0.5) is 0 Å². The number of hydrogen-bond acceptors (Lipinski definition) is 4. The van der Waals surface area contributed by atoms with E-state index in [1.165, 1.54) is 12.1 Å². The third kappa shape index (κ3) is 2.44. The van der Waals surface area contributed by atoms with Crippen LogP contribution >= 0.6 is 0 Å². The van der Waals surface area contributed by atoms with Gasteiger partial charge in [0.1, 0.15) is 0 Å². The lowest BCUT2D eigenvalue weighted by Gasteiger charge is -2.16. The molecule has 1 N–H and O–H groups in total. The van der Waals surface area contributed by atoms with Gasteiger partial charge >= 0.3 is 0 Å². The average molecular weight is 269 g/mol. The van der Waals surface area contributed by atoms with Crippen molar-refractivity contribution in [1.82, 2.24) is 14.9 Å². The first-order chi connectivity index (χ1) is 8.64. The zero-order valence-electron chi connectivity index (χ0n) is 10.4. The van der Waals surface area contributed by atoms with Crippen LogP contribution in [0.25, 0.3) is 0 Å². The molecule has 5 nitrogen and oxygen atoms in total. The summed E-state index contributed by atoms with van der Waals surface area (Å²) in [5.74, 6) is 0.941. The maximum atomic E-state index is 11.5. The van der Waals surface area contributed by atoms with Crippen LogP contribution in [-0.4, -0.2) is 36.0 Å². The van der Waals surface area contributed by atoms with Crippen LogP contribution in [0.3, 0.4) is 0 Å². The first-order valence-corrected chi connectivity index (χ1v) is 8.40. The molecule has 2 aliphatic rings. The molecule has 2 aliphatic heterocycles. The Balaban J connectivity index is 1.71. The van der Waals surface area contributed by atoms with Gasteiger partial charge < -0.3 is 9.88 Å². The van der Waals surface area contributed by atoms with Crippen molar-refractivity contribution < 1.29 is 8.42 Å². The minimum absolute atomic E-state index is 0.254. The van der Waals surface area contributed by atoms with Crippen LogP contribution in [-0.2, 0) is 16.4 Å². The molecule has 0 saturated carbocycles. The molecule has 0 spiro atoms. The van der Waals surface area contributed by atoms with Crippen molar-refractivity contribution in [3.05, 3.63) is 18.2 Å². The molecule has 1 aromatic rings. The summed E-state index contributed by atoms with van der Waals surface area (Å²) in [6.45, 7) is 1.85. The molecule has 18 heavy (non-hydrogen) atoms. The fourth-order valence-electron chi connectivity index (χ4n) is 3.00. The minimum atomic E-state index is -2.78. The summed E-state index contributed by atoms with van der Waals surface area (Å²) >= 11 is 0. The average Bonchev–Trinajstić information content (AvgIpc) is 2.99. The smallest absolute Gasteiger partial charge is 0.150 e. The molecule has 0 amide bonds. The molecular weight excluding hydrogens is 250 g/mol. The standard InChI is InChI=1S/C12H19N3O2S/c16-18(17)5-3-10(8-18)7-15-9-13-6-12(15)11-2-1-4-14-11/h6,9-11,14H,1-5,7-8H2/t10?,11-/m0/s1. The highest BCUT2D eigenvalue weighted by atomic mass is 32.2. The predicted molar refractivity (Wildman–Crippen MR) is 69.0 cm³/mol. The molecule has 0 aromatic carbocycles. The summed E-state index contributed by atoms with van der Waals surface area (Å²) in [5, 5.41) is 3.46. The van der Waals surface area contributed by atoms with E-state index in [0.717, 1.165) is 25.9 Å². The second-order valence-electron chi connectivity index (χ2n) is 5.39. The van der Waals surface area contributed by atoms with E-state index in [-0.39, 0.29) is 5.92 Å². The summed E-state index contributed by atoms with van der Waals surface area (Å²) in [7, 11) is -2.78. The minimum Gasteiger partial charge on any atom is -0.333 e. The van der Waals surface area contributed by atoms with Crippen LogP contribution in [0.5, 0.6) is 0 Å². The van der Waals surface area contributed by atoms with Gasteiger partial charge in [0.15, 0.2) is 9.84 Å². The Morgan fingerprint density at radius 2 is 2.33 bits per heavy atom. The Bertz CT molecular complexity index is 517. The van der Waals surface area contributed by atoms with Crippen LogP contribution in [0.1, 0.15) is 31.0 Å². The van der Waals surface area contributed by atoms with Crippen LogP contribution in [0, 0.1) is 5.92 Å².